The number of allylic oxidation sites excluding steroid dienone is 1. The van der Waals surface area contributed by atoms with Crippen LogP contribution < -0.4 is 65.1 Å². The summed E-state index contributed by atoms with van der Waals surface area (Å²) in [5.41, 5.74) is 4.30. The monoisotopic (exact) mass is 1200 g/mol. The van der Waals surface area contributed by atoms with Crippen molar-refractivity contribution < 1.29 is 42.9 Å². The van der Waals surface area contributed by atoms with Crippen LogP contribution >= 0.6 is 46.4 Å². The molecule has 26 heteroatoms. The predicted molar refractivity (Wildman–Crippen MR) is 321 cm³/mol. The minimum Gasteiger partial charge on any atom is -0.495 e. The number of hydrogen-bond acceptors (Lipinski definition) is 15. The number of anilines is 11. The molecule has 0 bridgehead atoms. The molecule has 0 unspecified atom stereocenters. The standard InChI is InChI=1S/C57H51Cl4N13O9/c1-7-43(75)65-35-17-8-10-19-37(35)68-55-63-27-33-30-73(51-48(60)41(82-5)25-42(83-6)49(51)61)57(79)74(53(33)70-55)28-31-15-14-16-34(23-31)64-44(76)21-12-13-22-45(77)66-36-18-9-11-20-38(36)67-54-62-26-32-29-72(56(78)71(2)52(32)69-54)50-46(58)39(80-3)24-40(81-4)47(50)59/h7-11,13-20,22-27H,1,12,21,28-30H2,2-6H3,(H,64,76)(H,65,75)(H,66,77)(H,62,67,69)(H,63,68,70). The molecule has 83 heavy (non-hydrogen) atoms. The normalized spacial score (nSPS) is 12.8. The number of nitrogens with zero attached hydrogens (tertiary/aromatic N) is 8. The van der Waals surface area contributed by atoms with Gasteiger partial charge in [0.1, 0.15) is 54.7 Å². The number of urea groups is 2. The highest BCUT2D eigenvalue weighted by molar-refractivity contribution is 6.43. The van der Waals surface area contributed by atoms with Gasteiger partial charge in [0, 0.05) is 54.8 Å². The number of carbonyl (C=O) groups is 5. The van der Waals surface area contributed by atoms with Crippen LogP contribution in [0.1, 0.15) is 29.5 Å². The van der Waals surface area contributed by atoms with E-state index in [9.17, 15) is 24.0 Å². The lowest BCUT2D eigenvalue weighted by Crippen LogP contribution is -2.48. The van der Waals surface area contributed by atoms with Crippen molar-refractivity contribution in [1.29, 1.82) is 0 Å². The molecular formula is C57H51Cl4N13O9. The smallest absolute Gasteiger partial charge is 0.330 e. The second kappa shape index (κ2) is 25.6. The van der Waals surface area contributed by atoms with Gasteiger partial charge in [-0.25, -0.2) is 19.6 Å². The van der Waals surface area contributed by atoms with Gasteiger partial charge in [0.05, 0.1) is 82.2 Å². The minimum atomic E-state index is -0.556. The molecule has 0 aliphatic carbocycles. The van der Waals surface area contributed by atoms with Crippen LogP contribution in [0.15, 0.2) is 122 Å². The molecule has 7 aromatic rings. The third-order valence-corrected chi connectivity index (χ3v) is 14.4. The molecule has 7 amide bonds. The number of halogens is 4. The highest BCUT2D eigenvalue weighted by Gasteiger charge is 2.38. The fourth-order valence-electron chi connectivity index (χ4n) is 8.92. The van der Waals surface area contributed by atoms with E-state index < -0.39 is 23.9 Å². The first-order chi connectivity index (χ1) is 40.0. The number of carbonyl (C=O) groups excluding carboxylic acids is 5. The number of methoxy groups -OCH3 is 4. The Morgan fingerprint density at radius 1 is 0.614 bits per heavy atom. The van der Waals surface area contributed by atoms with E-state index in [-0.39, 0.29) is 111 Å². The van der Waals surface area contributed by atoms with Gasteiger partial charge in [0.2, 0.25) is 29.6 Å². The maximum absolute atomic E-state index is 14.9. The maximum Gasteiger partial charge on any atom is 0.330 e. The highest BCUT2D eigenvalue weighted by atomic mass is 35.5. The molecule has 426 valence electrons. The number of aromatic nitrogens is 4. The quantitative estimate of drug-likeness (QED) is 0.0445. The predicted octanol–water partition coefficient (Wildman–Crippen LogP) is 12.2. The van der Waals surface area contributed by atoms with Crippen molar-refractivity contribution in [2.24, 2.45) is 0 Å². The second-order valence-corrected chi connectivity index (χ2v) is 19.7. The van der Waals surface area contributed by atoms with E-state index in [0.717, 1.165) is 6.08 Å². The molecule has 0 spiro atoms. The first kappa shape index (κ1) is 58.3. The van der Waals surface area contributed by atoms with Crippen LogP contribution in [0.25, 0.3) is 0 Å². The van der Waals surface area contributed by atoms with E-state index in [1.165, 1.54) is 66.2 Å². The minimum absolute atomic E-state index is 0.0237. The van der Waals surface area contributed by atoms with E-state index >= 15 is 0 Å². The Balaban J connectivity index is 0.853. The summed E-state index contributed by atoms with van der Waals surface area (Å²) in [6, 6.07) is 22.8. The summed E-state index contributed by atoms with van der Waals surface area (Å²) in [6.07, 6.45) is 7.42. The third kappa shape index (κ3) is 12.6. The molecule has 0 saturated carbocycles. The average molecular weight is 1200 g/mol. The van der Waals surface area contributed by atoms with Gasteiger partial charge in [-0.2, -0.15) is 9.97 Å². The summed E-state index contributed by atoms with van der Waals surface area (Å²) in [5.74, 6) is 0.619. The molecule has 2 aliphatic rings. The number of hydrogen-bond donors (Lipinski definition) is 5. The van der Waals surface area contributed by atoms with Crippen molar-refractivity contribution in [3.63, 3.8) is 0 Å². The Labute approximate surface area is 495 Å². The van der Waals surface area contributed by atoms with E-state index in [2.05, 4.69) is 48.1 Å². The first-order valence-corrected chi connectivity index (χ1v) is 26.6. The first-order valence-electron chi connectivity index (χ1n) is 25.1. The fourth-order valence-corrected chi connectivity index (χ4v) is 10.3. The van der Waals surface area contributed by atoms with Crippen molar-refractivity contribution in [3.8, 4) is 23.0 Å². The number of rotatable bonds is 20. The van der Waals surface area contributed by atoms with Crippen molar-refractivity contribution in [1.82, 2.24) is 19.9 Å². The zero-order chi connectivity index (χ0) is 59.1. The van der Waals surface area contributed by atoms with Crippen molar-refractivity contribution in [2.75, 3.05) is 81.7 Å². The maximum atomic E-state index is 14.9. The molecule has 4 heterocycles. The number of ether oxygens (including phenoxy) is 4. The van der Waals surface area contributed by atoms with Crippen molar-refractivity contribution in [3.05, 3.63) is 159 Å². The lowest BCUT2D eigenvalue weighted by Gasteiger charge is -2.37. The molecule has 22 nitrogen and oxygen atoms in total. The van der Waals surface area contributed by atoms with E-state index in [0.29, 0.717) is 50.9 Å². The molecule has 9 rings (SSSR count). The molecular weight excluding hydrogens is 1150 g/mol. The summed E-state index contributed by atoms with van der Waals surface area (Å²) >= 11 is 27.0. The van der Waals surface area contributed by atoms with Crippen molar-refractivity contribution >= 4 is 140 Å². The number of fused-ring (bicyclic) bond motifs is 2. The zero-order valence-electron chi connectivity index (χ0n) is 45.0. The topological polar surface area (TPSA) is 247 Å². The molecule has 2 aliphatic heterocycles. The summed E-state index contributed by atoms with van der Waals surface area (Å²) in [6.45, 7) is 3.47. The molecule has 0 saturated heterocycles. The average Bonchev–Trinajstić information content (AvgIpc) is 1.93. The van der Waals surface area contributed by atoms with Crippen LogP contribution in [0.2, 0.25) is 20.1 Å². The molecule has 0 radical (unpaired) electrons. The second-order valence-electron chi connectivity index (χ2n) is 18.2. The molecule has 0 atom stereocenters. The number of para-hydroxylation sites is 4. The van der Waals surface area contributed by atoms with Crippen molar-refractivity contribution in [2.45, 2.75) is 32.5 Å². The van der Waals surface area contributed by atoms with Gasteiger partial charge < -0.3 is 45.5 Å². The number of nitrogens with one attached hydrogen (secondary N) is 5. The fraction of sp³-hybridized carbons (Fsp3) is 0.175. The van der Waals surface area contributed by atoms with Gasteiger partial charge in [-0.3, -0.25) is 34.0 Å². The van der Waals surface area contributed by atoms with Gasteiger partial charge in [-0.1, -0.05) is 95.5 Å². The van der Waals surface area contributed by atoms with Gasteiger partial charge >= 0.3 is 12.1 Å². The van der Waals surface area contributed by atoms with Gasteiger partial charge in [0.25, 0.3) is 0 Å². The summed E-state index contributed by atoms with van der Waals surface area (Å²) in [7, 11) is 7.29. The zero-order valence-corrected chi connectivity index (χ0v) is 48.0. The lowest BCUT2D eigenvalue weighted by atomic mass is 10.1. The van der Waals surface area contributed by atoms with Gasteiger partial charge in [-0.05, 0) is 60.5 Å². The molecule has 2 aromatic heterocycles. The Morgan fingerprint density at radius 3 is 1.61 bits per heavy atom. The largest absolute Gasteiger partial charge is 0.495 e. The van der Waals surface area contributed by atoms with Crippen LogP contribution in [-0.4, -0.2) is 85.2 Å². The summed E-state index contributed by atoms with van der Waals surface area (Å²) in [4.78, 5) is 91.5. The van der Waals surface area contributed by atoms with E-state index in [1.54, 1.807) is 98.3 Å². The van der Waals surface area contributed by atoms with Crippen LogP contribution in [-0.2, 0) is 34.0 Å². The number of benzene rings is 5. The Hall–Kier alpha value is -9.35. The molecule has 0 fully saturated rings. The molecule has 5 N–H and O–H groups in total. The van der Waals surface area contributed by atoms with Gasteiger partial charge in [0.15, 0.2) is 0 Å². The van der Waals surface area contributed by atoms with Crippen LogP contribution in [0, 0.1) is 0 Å². The highest BCUT2D eigenvalue weighted by Crippen LogP contribution is 2.50. The van der Waals surface area contributed by atoms with Crippen LogP contribution in [0.3, 0.4) is 0 Å². The Bertz CT molecular complexity index is 3700. The van der Waals surface area contributed by atoms with Crippen LogP contribution in [0.4, 0.5) is 72.9 Å². The van der Waals surface area contributed by atoms with Crippen LogP contribution in [0.5, 0.6) is 23.0 Å². The Kier molecular flexibility index (Phi) is 18.0. The SMILES string of the molecule is C=CC(=O)Nc1ccccc1Nc1ncc2c(n1)N(Cc1cccc(NC(=O)CCC=CC(=O)Nc3ccccc3Nc3ncc4c(n3)N(C)C(=O)N(c3c(Cl)c(OC)cc(OC)c3Cl)C4)c1)C(=O)N(c1c(Cl)c(OC)cc(OC)c1Cl)C2. The Morgan fingerprint density at radius 2 is 1.10 bits per heavy atom. The van der Waals surface area contributed by atoms with E-state index in [1.807, 2.05) is 0 Å². The van der Waals surface area contributed by atoms with Gasteiger partial charge in [-0.15, -0.1) is 0 Å². The summed E-state index contributed by atoms with van der Waals surface area (Å²) in [5, 5.41) is 15.2. The lowest BCUT2D eigenvalue weighted by molar-refractivity contribution is -0.116. The number of amides is 7. The summed E-state index contributed by atoms with van der Waals surface area (Å²) < 4.78 is 21.8. The molecule has 5 aromatic carbocycles. The third-order valence-electron chi connectivity index (χ3n) is 12.9. The van der Waals surface area contributed by atoms with E-state index in [4.69, 9.17) is 70.3 Å².